The molecule has 2 aromatic carbocycles. The molecule has 0 bridgehead atoms. The molecule has 0 aliphatic heterocycles. The van der Waals surface area contributed by atoms with Gasteiger partial charge in [0.05, 0.1) is 0 Å². The van der Waals surface area contributed by atoms with E-state index < -0.39 is 0 Å². The van der Waals surface area contributed by atoms with Gasteiger partial charge in [0, 0.05) is 26.2 Å². The van der Waals surface area contributed by atoms with Crippen LogP contribution in [0.5, 0.6) is 0 Å². The van der Waals surface area contributed by atoms with E-state index in [9.17, 15) is 4.39 Å². The largest absolute Gasteiger partial charge is 0.356 e. The van der Waals surface area contributed by atoms with Gasteiger partial charge in [-0.3, -0.25) is 4.99 Å². The monoisotopic (exact) mass is 484 g/mol. The second-order valence-corrected chi connectivity index (χ2v) is 6.53. The number of nitrogens with one attached hydrogen (secondary N) is 2. The minimum atomic E-state index is -0.159. The van der Waals surface area contributed by atoms with Crippen LogP contribution < -0.4 is 10.6 Å². The van der Waals surface area contributed by atoms with Crippen LogP contribution in [0.4, 0.5) is 4.39 Å². The summed E-state index contributed by atoms with van der Waals surface area (Å²) in [7, 11) is 5.92. The second-order valence-electron chi connectivity index (χ2n) is 6.53. The highest BCUT2D eigenvalue weighted by atomic mass is 127. The first-order valence-corrected chi connectivity index (χ1v) is 8.98. The average Bonchev–Trinajstić information content (AvgIpc) is 2.65. The third kappa shape index (κ3) is 8.26. The van der Waals surface area contributed by atoms with Gasteiger partial charge in [-0.25, -0.2) is 4.39 Å². The molecule has 0 aliphatic rings. The molecule has 6 heteroatoms. The van der Waals surface area contributed by atoms with E-state index in [2.05, 4.69) is 58.9 Å². The van der Waals surface area contributed by atoms with Gasteiger partial charge in [-0.1, -0.05) is 48.5 Å². The van der Waals surface area contributed by atoms with Gasteiger partial charge in [-0.15, -0.1) is 24.0 Å². The van der Waals surface area contributed by atoms with Gasteiger partial charge < -0.3 is 15.5 Å². The number of rotatable bonds is 8. The van der Waals surface area contributed by atoms with Gasteiger partial charge in [0.15, 0.2) is 5.96 Å². The van der Waals surface area contributed by atoms with Crippen LogP contribution in [0.25, 0.3) is 0 Å². The predicted molar refractivity (Wildman–Crippen MR) is 123 cm³/mol. The van der Waals surface area contributed by atoms with Crippen LogP contribution in [0.2, 0.25) is 0 Å². The fraction of sp³-hybridized carbons (Fsp3) is 0.381. The number of halogens is 2. The van der Waals surface area contributed by atoms with Crippen molar-refractivity contribution in [3.8, 4) is 0 Å². The van der Waals surface area contributed by atoms with Gasteiger partial charge in [0.2, 0.25) is 0 Å². The van der Waals surface area contributed by atoms with Crippen LogP contribution in [-0.4, -0.2) is 51.1 Å². The maximum atomic E-state index is 13.7. The molecule has 1 atom stereocenters. The summed E-state index contributed by atoms with van der Waals surface area (Å²) in [5, 5.41) is 6.63. The molecule has 0 aliphatic carbocycles. The quantitative estimate of drug-likeness (QED) is 0.343. The number of aliphatic imine (C=N–C) groups is 1. The molecule has 0 saturated carbocycles. The van der Waals surface area contributed by atoms with Crippen molar-refractivity contribution in [3.63, 3.8) is 0 Å². The Balaban J connectivity index is 0.00000364. The van der Waals surface area contributed by atoms with Crippen molar-refractivity contribution in [2.45, 2.75) is 18.9 Å². The Labute approximate surface area is 179 Å². The minimum Gasteiger partial charge on any atom is -0.356 e. The Kier molecular flexibility index (Phi) is 11.0. The van der Waals surface area contributed by atoms with Crippen LogP contribution in [0.1, 0.15) is 11.1 Å². The van der Waals surface area contributed by atoms with Gasteiger partial charge >= 0.3 is 0 Å². The zero-order valence-corrected chi connectivity index (χ0v) is 18.6. The first-order valence-electron chi connectivity index (χ1n) is 8.98. The topological polar surface area (TPSA) is 39.7 Å². The molecule has 0 spiro atoms. The third-order valence-corrected chi connectivity index (χ3v) is 4.42. The molecule has 2 aromatic rings. The van der Waals surface area contributed by atoms with E-state index >= 15 is 0 Å². The summed E-state index contributed by atoms with van der Waals surface area (Å²) in [6.07, 6.45) is 1.58. The molecule has 1 unspecified atom stereocenters. The molecule has 0 heterocycles. The average molecular weight is 484 g/mol. The highest BCUT2D eigenvalue weighted by Gasteiger charge is 2.13. The first-order chi connectivity index (χ1) is 12.6. The van der Waals surface area contributed by atoms with Crippen LogP contribution in [-0.2, 0) is 12.8 Å². The van der Waals surface area contributed by atoms with Crippen LogP contribution in [0.3, 0.4) is 0 Å². The lowest BCUT2D eigenvalue weighted by Crippen LogP contribution is -2.46. The van der Waals surface area contributed by atoms with Crippen LogP contribution in [0, 0.1) is 5.82 Å². The van der Waals surface area contributed by atoms with Gasteiger partial charge in [-0.05, 0) is 44.1 Å². The lowest BCUT2D eigenvalue weighted by Gasteiger charge is -2.25. The number of guanidine groups is 1. The highest BCUT2D eigenvalue weighted by molar-refractivity contribution is 14.0. The van der Waals surface area contributed by atoms with Crippen LogP contribution in [0.15, 0.2) is 59.6 Å². The van der Waals surface area contributed by atoms with Gasteiger partial charge in [0.25, 0.3) is 0 Å². The Hall–Kier alpha value is -1.67. The van der Waals surface area contributed by atoms with Gasteiger partial charge in [-0.2, -0.15) is 0 Å². The van der Waals surface area contributed by atoms with E-state index in [1.165, 1.54) is 11.6 Å². The maximum Gasteiger partial charge on any atom is 0.191 e. The molecule has 0 radical (unpaired) electrons. The summed E-state index contributed by atoms with van der Waals surface area (Å²) in [6.45, 7) is 1.41. The Morgan fingerprint density at radius 2 is 1.70 bits per heavy atom. The smallest absolute Gasteiger partial charge is 0.191 e. The van der Waals surface area contributed by atoms with Crippen molar-refractivity contribution < 1.29 is 4.39 Å². The summed E-state index contributed by atoms with van der Waals surface area (Å²) in [5.41, 5.74) is 2.03. The molecule has 0 aromatic heterocycles. The van der Waals surface area contributed by atoms with E-state index in [1.54, 1.807) is 13.1 Å². The zero-order valence-electron chi connectivity index (χ0n) is 16.3. The minimum absolute atomic E-state index is 0. The van der Waals surface area contributed by atoms with E-state index in [4.69, 9.17) is 0 Å². The summed E-state index contributed by atoms with van der Waals surface area (Å²) in [6, 6.07) is 17.7. The summed E-state index contributed by atoms with van der Waals surface area (Å²) >= 11 is 0. The first kappa shape index (κ1) is 23.4. The zero-order chi connectivity index (χ0) is 18.8. The normalized spacial score (nSPS) is 12.4. The second kappa shape index (κ2) is 12.7. The molecule has 0 amide bonds. The standard InChI is InChI=1S/C21H29FN4.HI/c1-23-21(24-14-13-18-11-7-8-12-20(18)22)25-16-19(26(2)3)15-17-9-5-4-6-10-17;/h4-12,19H,13-16H2,1-3H3,(H2,23,24,25);1H. The van der Waals surface area contributed by atoms with Crippen molar-refractivity contribution in [1.82, 2.24) is 15.5 Å². The maximum absolute atomic E-state index is 13.7. The SMILES string of the molecule is CN=C(NCCc1ccccc1F)NCC(Cc1ccccc1)N(C)C.I. The fourth-order valence-electron chi connectivity index (χ4n) is 2.78. The predicted octanol–water partition coefficient (Wildman–Crippen LogP) is 3.32. The molecule has 4 nitrogen and oxygen atoms in total. The Morgan fingerprint density at radius 1 is 1.04 bits per heavy atom. The number of nitrogens with zero attached hydrogens (tertiary/aromatic N) is 2. The summed E-state index contributed by atoms with van der Waals surface area (Å²) < 4.78 is 13.7. The van der Waals surface area contributed by atoms with Crippen molar-refractivity contribution in [2.24, 2.45) is 4.99 Å². The molecule has 27 heavy (non-hydrogen) atoms. The Bertz CT molecular complexity index is 692. The van der Waals surface area contributed by atoms with Crippen molar-refractivity contribution in [3.05, 3.63) is 71.5 Å². The summed E-state index contributed by atoms with van der Waals surface area (Å²) in [5.74, 6) is 0.578. The highest BCUT2D eigenvalue weighted by Crippen LogP contribution is 2.07. The Morgan fingerprint density at radius 3 is 2.33 bits per heavy atom. The molecule has 0 fully saturated rings. The molecular formula is C21H30FIN4. The summed E-state index contributed by atoms with van der Waals surface area (Å²) in [4.78, 5) is 6.48. The van der Waals surface area contributed by atoms with E-state index in [1.807, 2.05) is 18.2 Å². The number of hydrogen-bond acceptors (Lipinski definition) is 2. The van der Waals surface area contributed by atoms with Crippen molar-refractivity contribution >= 4 is 29.9 Å². The third-order valence-electron chi connectivity index (χ3n) is 4.42. The lowest BCUT2D eigenvalue weighted by molar-refractivity contribution is 0.290. The fourth-order valence-corrected chi connectivity index (χ4v) is 2.78. The van der Waals surface area contributed by atoms with Crippen molar-refractivity contribution in [2.75, 3.05) is 34.2 Å². The van der Waals surface area contributed by atoms with Gasteiger partial charge in [0.1, 0.15) is 5.82 Å². The lowest BCUT2D eigenvalue weighted by atomic mass is 10.1. The molecule has 2 rings (SSSR count). The van der Waals surface area contributed by atoms with Crippen molar-refractivity contribution in [1.29, 1.82) is 0 Å². The molecular weight excluding hydrogens is 454 g/mol. The van der Waals surface area contributed by atoms with E-state index in [0.717, 1.165) is 18.9 Å². The van der Waals surface area contributed by atoms with E-state index in [0.29, 0.717) is 24.6 Å². The van der Waals surface area contributed by atoms with Crippen LogP contribution >= 0.6 is 24.0 Å². The number of hydrogen-bond donors (Lipinski definition) is 2. The number of likely N-dealkylation sites (N-methyl/N-ethyl adjacent to an activating group) is 1. The molecule has 148 valence electrons. The molecule has 0 saturated heterocycles. The van der Waals surface area contributed by atoms with E-state index in [-0.39, 0.29) is 29.8 Å². The molecule has 2 N–H and O–H groups in total. The number of benzene rings is 2.